The van der Waals surface area contributed by atoms with Gasteiger partial charge in [-0.3, -0.25) is 4.79 Å². The van der Waals surface area contributed by atoms with Crippen LogP contribution in [0.2, 0.25) is 0 Å². The summed E-state index contributed by atoms with van der Waals surface area (Å²) in [7, 11) is 0. The van der Waals surface area contributed by atoms with Crippen LogP contribution >= 0.6 is 12.4 Å². The Labute approximate surface area is 116 Å². The van der Waals surface area contributed by atoms with Crippen LogP contribution < -0.4 is 10.6 Å². The van der Waals surface area contributed by atoms with Crippen LogP contribution in [0, 0.1) is 0 Å². The van der Waals surface area contributed by atoms with Crippen molar-refractivity contribution in [1.29, 1.82) is 0 Å². The maximum Gasteiger partial charge on any atom is 0.222 e. The predicted octanol–water partition coefficient (Wildman–Crippen LogP) is 1.63. The minimum Gasteiger partial charge on any atom is -0.375 e. The molecule has 5 heteroatoms. The van der Waals surface area contributed by atoms with Gasteiger partial charge in [-0.15, -0.1) is 12.4 Å². The van der Waals surface area contributed by atoms with Crippen molar-refractivity contribution >= 4 is 18.3 Å². The Morgan fingerprint density at radius 1 is 1.22 bits per heavy atom. The molecule has 0 spiro atoms. The number of carbonyl (C=O) groups excluding carboxylic acids is 1. The summed E-state index contributed by atoms with van der Waals surface area (Å²) in [6.07, 6.45) is 8.02. The summed E-state index contributed by atoms with van der Waals surface area (Å²) in [5, 5.41) is 6.41. The van der Waals surface area contributed by atoms with E-state index >= 15 is 0 Å². The molecule has 18 heavy (non-hydrogen) atoms. The number of ether oxygens (including phenoxy) is 1. The maximum atomic E-state index is 11.9. The highest BCUT2D eigenvalue weighted by molar-refractivity contribution is 5.85. The molecule has 1 atom stereocenters. The van der Waals surface area contributed by atoms with Crippen molar-refractivity contribution < 1.29 is 9.53 Å². The molecule has 0 radical (unpaired) electrons. The van der Waals surface area contributed by atoms with Crippen LogP contribution in [0.4, 0.5) is 0 Å². The summed E-state index contributed by atoms with van der Waals surface area (Å²) >= 11 is 0. The molecule has 1 amide bonds. The third kappa shape index (κ3) is 5.55. The first kappa shape index (κ1) is 15.7. The number of carbonyl (C=O) groups is 1. The molecule has 0 aromatic heterocycles. The van der Waals surface area contributed by atoms with Crippen molar-refractivity contribution in [2.45, 2.75) is 57.1 Å². The molecule has 0 aromatic carbocycles. The van der Waals surface area contributed by atoms with E-state index in [0.29, 0.717) is 12.5 Å². The summed E-state index contributed by atoms with van der Waals surface area (Å²) in [6.45, 7) is 2.43. The van der Waals surface area contributed by atoms with Crippen molar-refractivity contribution in [1.82, 2.24) is 10.6 Å². The number of hydrogen-bond donors (Lipinski definition) is 2. The molecule has 2 aliphatic rings. The van der Waals surface area contributed by atoms with Gasteiger partial charge in [0.2, 0.25) is 5.91 Å². The third-order valence-corrected chi connectivity index (χ3v) is 3.64. The van der Waals surface area contributed by atoms with Gasteiger partial charge in [-0.05, 0) is 12.8 Å². The number of amides is 1. The fourth-order valence-electron chi connectivity index (χ4n) is 2.67. The molecule has 1 aliphatic carbocycles. The Balaban J connectivity index is 0.00000162. The van der Waals surface area contributed by atoms with E-state index in [1.807, 2.05) is 0 Å². The molecule has 0 bridgehead atoms. The Kier molecular flexibility index (Phi) is 7.63. The third-order valence-electron chi connectivity index (χ3n) is 3.64. The molecule has 0 aromatic rings. The van der Waals surface area contributed by atoms with Crippen LogP contribution in [0.15, 0.2) is 0 Å². The number of nitrogens with one attached hydrogen (secondary N) is 2. The second kappa shape index (κ2) is 8.73. The normalized spacial score (nSPS) is 25.9. The molecule has 2 rings (SSSR count). The van der Waals surface area contributed by atoms with E-state index in [1.165, 1.54) is 25.7 Å². The van der Waals surface area contributed by atoms with Crippen LogP contribution in [0.3, 0.4) is 0 Å². The Morgan fingerprint density at radius 3 is 2.56 bits per heavy atom. The smallest absolute Gasteiger partial charge is 0.222 e. The lowest BCUT2D eigenvalue weighted by Gasteiger charge is -2.24. The average molecular weight is 277 g/mol. The van der Waals surface area contributed by atoms with E-state index in [4.69, 9.17) is 4.74 Å². The van der Waals surface area contributed by atoms with Gasteiger partial charge in [-0.2, -0.15) is 0 Å². The summed E-state index contributed by atoms with van der Waals surface area (Å²) in [5.41, 5.74) is 0. The second-order valence-corrected chi connectivity index (χ2v) is 5.16. The average Bonchev–Trinajstić information content (AvgIpc) is 2.59. The molecular weight excluding hydrogens is 252 g/mol. The fraction of sp³-hybridized carbons (Fsp3) is 0.923. The quantitative estimate of drug-likeness (QED) is 0.771. The van der Waals surface area contributed by atoms with Crippen molar-refractivity contribution in [3.63, 3.8) is 0 Å². The Hall–Kier alpha value is -0.320. The largest absolute Gasteiger partial charge is 0.375 e. The van der Waals surface area contributed by atoms with E-state index in [9.17, 15) is 4.79 Å². The molecule has 1 saturated heterocycles. The van der Waals surface area contributed by atoms with Crippen LogP contribution in [0.1, 0.15) is 44.9 Å². The van der Waals surface area contributed by atoms with Gasteiger partial charge in [0, 0.05) is 19.1 Å². The molecule has 2 N–H and O–H groups in total. The van der Waals surface area contributed by atoms with Crippen molar-refractivity contribution in [3.05, 3.63) is 0 Å². The van der Waals surface area contributed by atoms with Gasteiger partial charge >= 0.3 is 0 Å². The number of halogens is 1. The summed E-state index contributed by atoms with van der Waals surface area (Å²) in [4.78, 5) is 11.9. The van der Waals surface area contributed by atoms with Crippen molar-refractivity contribution in [2.75, 3.05) is 19.7 Å². The maximum absolute atomic E-state index is 11.9. The topological polar surface area (TPSA) is 50.4 Å². The number of rotatable bonds is 3. The fourth-order valence-corrected chi connectivity index (χ4v) is 2.67. The second-order valence-electron chi connectivity index (χ2n) is 5.16. The molecule has 4 nitrogen and oxygen atoms in total. The lowest BCUT2D eigenvalue weighted by atomic mass is 10.1. The highest BCUT2D eigenvalue weighted by atomic mass is 35.5. The first-order valence-electron chi connectivity index (χ1n) is 6.96. The van der Waals surface area contributed by atoms with E-state index < -0.39 is 0 Å². The molecule has 106 valence electrons. The van der Waals surface area contributed by atoms with E-state index in [-0.39, 0.29) is 24.4 Å². The summed E-state index contributed by atoms with van der Waals surface area (Å²) in [5.74, 6) is 0.158. The molecular formula is C13H25ClN2O2. The van der Waals surface area contributed by atoms with Gasteiger partial charge in [0.05, 0.1) is 19.1 Å². The number of hydrogen-bond acceptors (Lipinski definition) is 3. The van der Waals surface area contributed by atoms with Crippen LogP contribution in [0.5, 0.6) is 0 Å². The van der Waals surface area contributed by atoms with Gasteiger partial charge < -0.3 is 15.4 Å². The van der Waals surface area contributed by atoms with Crippen molar-refractivity contribution in [3.8, 4) is 0 Å². The highest BCUT2D eigenvalue weighted by Gasteiger charge is 2.20. The zero-order valence-corrected chi connectivity index (χ0v) is 11.8. The van der Waals surface area contributed by atoms with Gasteiger partial charge in [0.25, 0.3) is 0 Å². The van der Waals surface area contributed by atoms with Crippen molar-refractivity contribution in [2.24, 2.45) is 0 Å². The molecule has 1 heterocycles. The van der Waals surface area contributed by atoms with Gasteiger partial charge in [0.15, 0.2) is 0 Å². The van der Waals surface area contributed by atoms with E-state index in [1.54, 1.807) is 0 Å². The summed E-state index contributed by atoms with van der Waals surface area (Å²) in [6, 6.07) is 0.404. The number of morpholine rings is 1. The van der Waals surface area contributed by atoms with E-state index in [0.717, 1.165) is 32.5 Å². The Bertz CT molecular complexity index is 237. The molecule has 1 unspecified atom stereocenters. The first-order valence-corrected chi connectivity index (χ1v) is 6.96. The first-order chi connectivity index (χ1) is 8.34. The van der Waals surface area contributed by atoms with E-state index in [2.05, 4.69) is 10.6 Å². The zero-order chi connectivity index (χ0) is 11.9. The van der Waals surface area contributed by atoms with Gasteiger partial charge in [-0.1, -0.05) is 25.7 Å². The lowest BCUT2D eigenvalue weighted by molar-refractivity contribution is -0.125. The van der Waals surface area contributed by atoms with Crippen LogP contribution in [0.25, 0.3) is 0 Å². The lowest BCUT2D eigenvalue weighted by Crippen LogP contribution is -2.43. The summed E-state index contributed by atoms with van der Waals surface area (Å²) < 4.78 is 5.54. The highest BCUT2D eigenvalue weighted by Crippen LogP contribution is 2.17. The molecule has 2 fully saturated rings. The minimum absolute atomic E-state index is 0. The monoisotopic (exact) mass is 276 g/mol. The SMILES string of the molecule is Cl.O=C(CC1CNCCO1)NC1CCCCCC1. The molecule has 1 saturated carbocycles. The Morgan fingerprint density at radius 2 is 1.94 bits per heavy atom. The minimum atomic E-state index is 0. The van der Waals surface area contributed by atoms with Gasteiger partial charge in [0.1, 0.15) is 0 Å². The van der Waals surface area contributed by atoms with Crippen LogP contribution in [-0.2, 0) is 9.53 Å². The predicted molar refractivity (Wildman–Crippen MR) is 74.1 cm³/mol. The standard InChI is InChI=1S/C13H24N2O2.ClH/c16-13(9-12-10-14-7-8-17-12)15-11-5-3-1-2-4-6-11;/h11-12,14H,1-10H2,(H,15,16);1H. The van der Waals surface area contributed by atoms with Gasteiger partial charge in [-0.25, -0.2) is 0 Å². The molecule has 1 aliphatic heterocycles. The zero-order valence-electron chi connectivity index (χ0n) is 11.0. The van der Waals surface area contributed by atoms with Crippen LogP contribution in [-0.4, -0.2) is 37.7 Å².